The molecule has 1 fully saturated rings. The highest BCUT2D eigenvalue weighted by Crippen LogP contribution is 2.24. The summed E-state index contributed by atoms with van der Waals surface area (Å²) in [5.41, 5.74) is 2.53. The van der Waals surface area contributed by atoms with Gasteiger partial charge in [0.15, 0.2) is 5.78 Å². The Morgan fingerprint density at radius 2 is 1.77 bits per heavy atom. The van der Waals surface area contributed by atoms with E-state index in [-0.39, 0.29) is 5.78 Å². The average Bonchev–Trinajstić information content (AvgIpc) is 3.08. The Kier molecular flexibility index (Phi) is 4.54. The smallest absolute Gasteiger partial charge is 0.193 e. The van der Waals surface area contributed by atoms with Gasteiger partial charge in [0, 0.05) is 23.2 Å². The Morgan fingerprint density at radius 3 is 2.45 bits per heavy atom. The third-order valence-electron chi connectivity index (χ3n) is 4.18. The summed E-state index contributed by atoms with van der Waals surface area (Å²) in [5.74, 6) is 0.834. The lowest BCUT2D eigenvalue weighted by atomic mass is 10.0. The van der Waals surface area contributed by atoms with Gasteiger partial charge < -0.3 is 4.74 Å². The fourth-order valence-electron chi connectivity index (χ4n) is 2.95. The number of methoxy groups -OCH3 is 1. The normalized spacial score (nSPS) is 15.0. The maximum Gasteiger partial charge on any atom is 0.193 e. The lowest BCUT2D eigenvalue weighted by Crippen LogP contribution is -2.19. The zero-order chi connectivity index (χ0) is 15.4. The van der Waals surface area contributed by atoms with Crippen molar-refractivity contribution in [2.75, 3.05) is 20.2 Å². The monoisotopic (exact) mass is 295 g/mol. The molecular weight excluding hydrogens is 274 g/mol. The van der Waals surface area contributed by atoms with Crippen LogP contribution < -0.4 is 4.74 Å². The fraction of sp³-hybridized carbons (Fsp3) is 0.316. The minimum absolute atomic E-state index is 0.0339. The molecule has 0 N–H and O–H groups in total. The van der Waals surface area contributed by atoms with Gasteiger partial charge in [-0.05, 0) is 32.0 Å². The van der Waals surface area contributed by atoms with E-state index in [1.54, 1.807) is 7.11 Å². The number of benzene rings is 2. The minimum Gasteiger partial charge on any atom is -0.496 e. The van der Waals surface area contributed by atoms with Crippen molar-refractivity contribution in [3.8, 4) is 5.75 Å². The summed E-state index contributed by atoms with van der Waals surface area (Å²) >= 11 is 0. The van der Waals surface area contributed by atoms with Crippen molar-refractivity contribution in [3.05, 3.63) is 65.2 Å². The largest absolute Gasteiger partial charge is 0.496 e. The highest BCUT2D eigenvalue weighted by atomic mass is 16.5. The van der Waals surface area contributed by atoms with Crippen LogP contribution in [0, 0.1) is 0 Å². The molecule has 0 aliphatic carbocycles. The molecule has 2 aromatic rings. The van der Waals surface area contributed by atoms with Gasteiger partial charge >= 0.3 is 0 Å². The molecule has 0 bridgehead atoms. The molecule has 3 heteroatoms. The van der Waals surface area contributed by atoms with Crippen molar-refractivity contribution in [1.29, 1.82) is 0 Å². The van der Waals surface area contributed by atoms with E-state index in [2.05, 4.69) is 4.90 Å². The maximum atomic E-state index is 12.5. The number of ether oxygens (including phenoxy) is 1. The lowest BCUT2D eigenvalue weighted by Gasteiger charge is -2.17. The van der Waals surface area contributed by atoms with Crippen LogP contribution in [0.25, 0.3) is 0 Å². The van der Waals surface area contributed by atoms with Crippen LogP contribution in [0.4, 0.5) is 0 Å². The van der Waals surface area contributed by atoms with E-state index in [1.165, 1.54) is 12.8 Å². The molecule has 0 radical (unpaired) electrons. The molecule has 0 unspecified atom stereocenters. The molecule has 0 amide bonds. The van der Waals surface area contributed by atoms with E-state index in [0.29, 0.717) is 11.1 Å². The molecule has 1 aliphatic heterocycles. The van der Waals surface area contributed by atoms with Gasteiger partial charge in [-0.3, -0.25) is 9.69 Å². The number of likely N-dealkylation sites (tertiary alicyclic amines) is 1. The second-order valence-corrected chi connectivity index (χ2v) is 5.71. The van der Waals surface area contributed by atoms with Crippen LogP contribution in [-0.2, 0) is 6.54 Å². The highest BCUT2D eigenvalue weighted by molar-refractivity contribution is 6.09. The van der Waals surface area contributed by atoms with E-state index < -0.39 is 0 Å². The molecule has 0 spiro atoms. The zero-order valence-corrected chi connectivity index (χ0v) is 12.9. The minimum atomic E-state index is 0.0339. The second kappa shape index (κ2) is 6.75. The average molecular weight is 295 g/mol. The summed E-state index contributed by atoms with van der Waals surface area (Å²) in [6.07, 6.45) is 2.54. The van der Waals surface area contributed by atoms with Crippen molar-refractivity contribution in [2.45, 2.75) is 19.4 Å². The quantitative estimate of drug-likeness (QED) is 0.790. The molecule has 2 aromatic carbocycles. The van der Waals surface area contributed by atoms with Crippen LogP contribution in [0.2, 0.25) is 0 Å². The van der Waals surface area contributed by atoms with E-state index in [0.717, 1.165) is 30.9 Å². The third-order valence-corrected chi connectivity index (χ3v) is 4.18. The van der Waals surface area contributed by atoms with Crippen LogP contribution in [-0.4, -0.2) is 30.9 Å². The van der Waals surface area contributed by atoms with Gasteiger partial charge in [-0.2, -0.15) is 0 Å². The summed E-state index contributed by atoms with van der Waals surface area (Å²) in [5, 5.41) is 0. The van der Waals surface area contributed by atoms with Crippen LogP contribution in [0.15, 0.2) is 48.5 Å². The third kappa shape index (κ3) is 3.20. The molecule has 0 atom stereocenters. The van der Waals surface area contributed by atoms with Crippen LogP contribution >= 0.6 is 0 Å². The molecule has 0 saturated carbocycles. The molecule has 1 aliphatic rings. The zero-order valence-electron chi connectivity index (χ0n) is 12.9. The van der Waals surface area contributed by atoms with Gasteiger partial charge in [0.1, 0.15) is 5.75 Å². The molecule has 114 valence electrons. The second-order valence-electron chi connectivity index (χ2n) is 5.71. The molecule has 0 aromatic heterocycles. The number of nitrogens with zero attached hydrogens (tertiary/aromatic N) is 1. The fourth-order valence-corrected chi connectivity index (χ4v) is 2.95. The number of hydrogen-bond acceptors (Lipinski definition) is 3. The maximum absolute atomic E-state index is 12.5. The van der Waals surface area contributed by atoms with E-state index in [1.807, 2.05) is 48.5 Å². The van der Waals surface area contributed by atoms with Crippen molar-refractivity contribution >= 4 is 5.78 Å². The molecule has 22 heavy (non-hydrogen) atoms. The Bertz CT molecular complexity index is 646. The number of carbonyl (C=O) groups is 1. The summed E-state index contributed by atoms with van der Waals surface area (Å²) in [6.45, 7) is 3.19. The summed E-state index contributed by atoms with van der Waals surface area (Å²) in [7, 11) is 1.67. The predicted molar refractivity (Wildman–Crippen MR) is 87.4 cm³/mol. The van der Waals surface area contributed by atoms with Gasteiger partial charge in [-0.15, -0.1) is 0 Å². The van der Waals surface area contributed by atoms with Crippen molar-refractivity contribution < 1.29 is 9.53 Å². The number of hydrogen-bond donors (Lipinski definition) is 0. The standard InChI is InChI=1S/C19H21NO2/c1-22-18-13-16(19(21)15-7-3-2-4-8-15)9-10-17(18)14-20-11-5-6-12-20/h2-4,7-10,13H,5-6,11-12,14H2,1H3. The molecule has 3 nitrogen and oxygen atoms in total. The number of ketones is 1. The van der Waals surface area contributed by atoms with Gasteiger partial charge in [0.05, 0.1) is 7.11 Å². The Hall–Kier alpha value is -2.13. The van der Waals surface area contributed by atoms with Crippen LogP contribution in [0.1, 0.15) is 34.3 Å². The van der Waals surface area contributed by atoms with Gasteiger partial charge in [0.2, 0.25) is 0 Å². The van der Waals surface area contributed by atoms with Gasteiger partial charge in [-0.1, -0.05) is 42.5 Å². The van der Waals surface area contributed by atoms with Crippen molar-refractivity contribution in [1.82, 2.24) is 4.90 Å². The first-order valence-electron chi connectivity index (χ1n) is 7.77. The SMILES string of the molecule is COc1cc(C(=O)c2ccccc2)ccc1CN1CCCC1. The lowest BCUT2D eigenvalue weighted by molar-refractivity contribution is 0.103. The first-order valence-corrected chi connectivity index (χ1v) is 7.77. The van der Waals surface area contributed by atoms with Crippen LogP contribution in [0.3, 0.4) is 0 Å². The summed E-state index contributed by atoms with van der Waals surface area (Å²) in [4.78, 5) is 14.9. The van der Waals surface area contributed by atoms with Gasteiger partial charge in [-0.25, -0.2) is 0 Å². The Morgan fingerprint density at radius 1 is 1.05 bits per heavy atom. The van der Waals surface area contributed by atoms with Crippen LogP contribution in [0.5, 0.6) is 5.75 Å². The van der Waals surface area contributed by atoms with E-state index in [4.69, 9.17) is 4.74 Å². The molecule has 1 saturated heterocycles. The highest BCUT2D eigenvalue weighted by Gasteiger charge is 2.16. The first-order chi connectivity index (χ1) is 10.8. The number of carbonyl (C=O) groups excluding carboxylic acids is 1. The summed E-state index contributed by atoms with van der Waals surface area (Å²) in [6, 6.07) is 15.1. The predicted octanol–water partition coefficient (Wildman–Crippen LogP) is 3.52. The Labute approximate surface area is 131 Å². The van der Waals surface area contributed by atoms with E-state index in [9.17, 15) is 4.79 Å². The molecule has 1 heterocycles. The first kappa shape index (κ1) is 14.8. The topological polar surface area (TPSA) is 29.5 Å². The van der Waals surface area contributed by atoms with E-state index >= 15 is 0 Å². The molecular formula is C19H21NO2. The van der Waals surface area contributed by atoms with Crippen molar-refractivity contribution in [2.24, 2.45) is 0 Å². The molecule has 3 rings (SSSR count). The van der Waals surface area contributed by atoms with Gasteiger partial charge in [0.25, 0.3) is 0 Å². The Balaban J connectivity index is 1.83. The number of rotatable bonds is 5. The summed E-state index contributed by atoms with van der Waals surface area (Å²) < 4.78 is 5.50. The van der Waals surface area contributed by atoms with Crippen molar-refractivity contribution in [3.63, 3.8) is 0 Å².